The van der Waals surface area contributed by atoms with Gasteiger partial charge in [-0.1, -0.05) is 35.3 Å². The standard InChI is InChI=1S/C24H17ClF3N5/c1-11-4-6-15(20(28)18(11)26)22-21-14(16-10-13(25)5-7-17(16)31-21)8-9-33(22)24-30-12(2)19(27)23(29-3)32-24/h4-7,10,22,31H,8-9H2,1-2H3/t22-/m0/s1. The molecule has 5 rings (SSSR count). The Morgan fingerprint density at radius 2 is 1.88 bits per heavy atom. The van der Waals surface area contributed by atoms with Crippen LogP contribution in [0, 0.1) is 37.9 Å². The Balaban J connectivity index is 1.78. The predicted molar refractivity (Wildman–Crippen MR) is 120 cm³/mol. The van der Waals surface area contributed by atoms with Gasteiger partial charge in [-0.05, 0) is 49.6 Å². The molecule has 0 unspecified atom stereocenters. The molecule has 5 nitrogen and oxygen atoms in total. The van der Waals surface area contributed by atoms with Gasteiger partial charge in [-0.3, -0.25) is 0 Å². The first-order chi connectivity index (χ1) is 15.8. The van der Waals surface area contributed by atoms with Crippen molar-refractivity contribution in [1.29, 1.82) is 0 Å². The fourth-order valence-electron chi connectivity index (χ4n) is 4.40. The zero-order chi connectivity index (χ0) is 23.4. The zero-order valence-electron chi connectivity index (χ0n) is 17.7. The molecule has 0 bridgehead atoms. The maximum Gasteiger partial charge on any atom is 0.323 e. The maximum absolute atomic E-state index is 15.3. The fraction of sp³-hybridized carbons (Fsp3) is 0.208. The first-order valence-electron chi connectivity index (χ1n) is 10.2. The summed E-state index contributed by atoms with van der Waals surface area (Å²) in [7, 11) is 0. The minimum atomic E-state index is -0.973. The summed E-state index contributed by atoms with van der Waals surface area (Å²) >= 11 is 6.21. The van der Waals surface area contributed by atoms with Crippen LogP contribution in [-0.2, 0) is 6.42 Å². The van der Waals surface area contributed by atoms with E-state index in [1.807, 2.05) is 12.1 Å². The molecular weight excluding hydrogens is 451 g/mol. The van der Waals surface area contributed by atoms with E-state index in [9.17, 15) is 8.78 Å². The lowest BCUT2D eigenvalue weighted by Crippen LogP contribution is -2.38. The molecule has 4 aromatic rings. The van der Waals surface area contributed by atoms with Crippen LogP contribution in [0.5, 0.6) is 0 Å². The average Bonchev–Trinajstić information content (AvgIpc) is 3.17. The van der Waals surface area contributed by atoms with E-state index in [1.54, 1.807) is 11.0 Å². The molecule has 2 aromatic carbocycles. The van der Waals surface area contributed by atoms with Crippen LogP contribution in [0.1, 0.15) is 34.1 Å². The SMILES string of the molecule is [C-]#[N+]c1nc(N2CCc3c([nH]c4ccc(Cl)cc34)[C@@H]2c2ccc(C)c(F)c2F)nc(C)c1F. The van der Waals surface area contributed by atoms with E-state index in [1.165, 1.54) is 26.0 Å². The van der Waals surface area contributed by atoms with E-state index in [4.69, 9.17) is 18.2 Å². The number of anilines is 1. The van der Waals surface area contributed by atoms with Crippen LogP contribution in [0.3, 0.4) is 0 Å². The number of hydrogen-bond donors (Lipinski definition) is 1. The second kappa shape index (κ2) is 7.78. The lowest BCUT2D eigenvalue weighted by molar-refractivity contribution is 0.480. The lowest BCUT2D eigenvalue weighted by atomic mass is 9.91. The van der Waals surface area contributed by atoms with Gasteiger partial charge in [0, 0.05) is 33.7 Å². The number of H-pyrrole nitrogens is 1. The molecule has 0 amide bonds. The molecule has 0 spiro atoms. The van der Waals surface area contributed by atoms with Gasteiger partial charge in [-0.15, -0.1) is 0 Å². The molecule has 3 heterocycles. The molecular formula is C24H17ClF3N5. The third-order valence-electron chi connectivity index (χ3n) is 6.04. The van der Waals surface area contributed by atoms with E-state index < -0.39 is 29.3 Å². The van der Waals surface area contributed by atoms with Crippen molar-refractivity contribution in [3.8, 4) is 0 Å². The van der Waals surface area contributed by atoms with E-state index in [0.717, 1.165) is 16.5 Å². The van der Waals surface area contributed by atoms with Gasteiger partial charge in [0.2, 0.25) is 0 Å². The highest BCUT2D eigenvalue weighted by Gasteiger charge is 2.37. The highest BCUT2D eigenvalue weighted by molar-refractivity contribution is 6.31. The van der Waals surface area contributed by atoms with Gasteiger partial charge in [0.25, 0.3) is 0 Å². The minimum Gasteiger partial charge on any atom is -0.358 e. The van der Waals surface area contributed by atoms with E-state index in [2.05, 4.69) is 19.8 Å². The molecule has 0 saturated heterocycles. The van der Waals surface area contributed by atoms with Crippen LogP contribution in [0.25, 0.3) is 15.7 Å². The second-order valence-electron chi connectivity index (χ2n) is 8.01. The van der Waals surface area contributed by atoms with Crippen molar-refractivity contribution in [2.24, 2.45) is 0 Å². The third-order valence-corrected chi connectivity index (χ3v) is 6.27. The van der Waals surface area contributed by atoms with Gasteiger partial charge in [-0.2, -0.15) is 4.98 Å². The van der Waals surface area contributed by atoms with Crippen LogP contribution >= 0.6 is 11.6 Å². The number of aromatic amines is 1. The van der Waals surface area contributed by atoms with E-state index in [0.29, 0.717) is 23.7 Å². The van der Waals surface area contributed by atoms with Crippen LogP contribution in [-0.4, -0.2) is 21.5 Å². The number of nitrogens with zero attached hydrogens (tertiary/aromatic N) is 4. The number of fused-ring (bicyclic) bond motifs is 3. The molecule has 0 aliphatic carbocycles. The number of rotatable bonds is 2. The van der Waals surface area contributed by atoms with E-state index in [-0.39, 0.29) is 22.8 Å². The molecule has 1 aliphatic heterocycles. The van der Waals surface area contributed by atoms with Crippen LogP contribution in [0.2, 0.25) is 5.02 Å². The number of hydrogen-bond acceptors (Lipinski definition) is 3. The van der Waals surface area contributed by atoms with Crippen LogP contribution < -0.4 is 4.90 Å². The van der Waals surface area contributed by atoms with Crippen molar-refractivity contribution in [3.05, 3.63) is 92.3 Å². The summed E-state index contributed by atoms with van der Waals surface area (Å²) in [6.45, 7) is 10.5. The molecule has 1 N–H and O–H groups in total. The Hall–Kier alpha value is -3.57. The summed E-state index contributed by atoms with van der Waals surface area (Å²) in [5, 5.41) is 1.46. The Labute approximate surface area is 192 Å². The summed E-state index contributed by atoms with van der Waals surface area (Å²) in [5.74, 6) is -3.04. The highest BCUT2D eigenvalue weighted by atomic mass is 35.5. The summed E-state index contributed by atoms with van der Waals surface area (Å²) in [4.78, 5) is 16.5. The van der Waals surface area contributed by atoms with Gasteiger partial charge >= 0.3 is 11.8 Å². The molecule has 1 aliphatic rings. The molecule has 166 valence electrons. The van der Waals surface area contributed by atoms with E-state index >= 15 is 4.39 Å². The van der Waals surface area contributed by atoms with Crippen molar-refractivity contribution in [3.63, 3.8) is 0 Å². The Kier molecular flexibility index (Phi) is 5.02. The molecule has 0 radical (unpaired) electrons. The topological polar surface area (TPSA) is 49.2 Å². The molecule has 0 fully saturated rings. The monoisotopic (exact) mass is 467 g/mol. The third kappa shape index (κ3) is 3.31. The van der Waals surface area contributed by atoms with Gasteiger partial charge in [0.1, 0.15) is 6.04 Å². The smallest absolute Gasteiger partial charge is 0.323 e. The largest absolute Gasteiger partial charge is 0.358 e. The summed E-state index contributed by atoms with van der Waals surface area (Å²) in [6.07, 6.45) is 0.537. The number of nitrogens with one attached hydrogen (secondary N) is 1. The van der Waals surface area contributed by atoms with Gasteiger partial charge in [-0.25, -0.2) is 13.2 Å². The first-order valence-corrected chi connectivity index (χ1v) is 10.6. The Morgan fingerprint density at radius 1 is 1.09 bits per heavy atom. The number of aryl methyl sites for hydroxylation is 2. The second-order valence-corrected chi connectivity index (χ2v) is 8.45. The quantitative estimate of drug-likeness (QED) is 0.349. The van der Waals surface area contributed by atoms with Crippen LogP contribution in [0.4, 0.5) is 24.9 Å². The number of benzene rings is 2. The number of halogens is 4. The molecule has 2 aromatic heterocycles. The first kappa shape index (κ1) is 21.3. The van der Waals surface area contributed by atoms with Gasteiger partial charge in [0.05, 0.1) is 5.69 Å². The molecule has 1 atom stereocenters. The number of aromatic nitrogens is 3. The van der Waals surface area contributed by atoms with Gasteiger partial charge < -0.3 is 14.7 Å². The molecule has 9 heteroatoms. The summed E-state index contributed by atoms with van der Waals surface area (Å²) in [6, 6.07) is 7.64. The zero-order valence-corrected chi connectivity index (χ0v) is 18.4. The normalized spacial score (nSPS) is 15.5. The minimum absolute atomic E-state index is 0.00883. The average molecular weight is 468 g/mol. The van der Waals surface area contributed by atoms with Crippen molar-refractivity contribution >= 4 is 34.3 Å². The highest BCUT2D eigenvalue weighted by Crippen LogP contribution is 2.42. The maximum atomic E-state index is 15.3. The molecule has 33 heavy (non-hydrogen) atoms. The van der Waals surface area contributed by atoms with Crippen molar-refractivity contribution in [1.82, 2.24) is 15.0 Å². The van der Waals surface area contributed by atoms with Crippen molar-refractivity contribution in [2.75, 3.05) is 11.4 Å². The lowest BCUT2D eigenvalue weighted by Gasteiger charge is -2.35. The van der Waals surface area contributed by atoms with Crippen molar-refractivity contribution in [2.45, 2.75) is 26.3 Å². The van der Waals surface area contributed by atoms with Crippen molar-refractivity contribution < 1.29 is 13.2 Å². The Morgan fingerprint density at radius 3 is 2.64 bits per heavy atom. The van der Waals surface area contributed by atoms with Gasteiger partial charge in [0.15, 0.2) is 17.5 Å². The van der Waals surface area contributed by atoms with Crippen LogP contribution in [0.15, 0.2) is 30.3 Å². The Bertz CT molecular complexity index is 1470. The summed E-state index contributed by atoms with van der Waals surface area (Å²) in [5.41, 5.74) is 2.67. The molecule has 0 saturated carbocycles. The predicted octanol–water partition coefficient (Wildman–Crippen LogP) is 6.35. The summed E-state index contributed by atoms with van der Waals surface area (Å²) < 4.78 is 44.1. The fourth-order valence-corrected chi connectivity index (χ4v) is 4.58.